The Labute approximate surface area is 101 Å². The summed E-state index contributed by atoms with van der Waals surface area (Å²) in [5.41, 5.74) is -1.55. The summed E-state index contributed by atoms with van der Waals surface area (Å²) in [4.78, 5) is 22.1. The fourth-order valence-corrected chi connectivity index (χ4v) is 1.31. The van der Waals surface area contributed by atoms with E-state index in [-0.39, 0.29) is 18.6 Å². The third kappa shape index (κ3) is 2.88. The molecule has 100 valence electrons. The third-order valence-electron chi connectivity index (χ3n) is 2.17. The number of nitrogens with zero attached hydrogens (tertiary/aromatic N) is 2. The van der Waals surface area contributed by atoms with Gasteiger partial charge in [-0.05, 0) is 19.9 Å². The highest BCUT2D eigenvalue weighted by Gasteiger charge is 2.36. The fraction of sp³-hybridized carbons (Fsp3) is 0.500. The second-order valence-electron chi connectivity index (χ2n) is 3.44. The zero-order valence-corrected chi connectivity index (χ0v) is 9.69. The maximum Gasteiger partial charge on any atom is 0.435 e. The van der Waals surface area contributed by atoms with Crippen molar-refractivity contribution >= 4 is 12.3 Å². The summed E-state index contributed by atoms with van der Waals surface area (Å²) in [6.07, 6.45) is -4.46. The van der Waals surface area contributed by atoms with E-state index < -0.39 is 23.9 Å². The highest BCUT2D eigenvalue weighted by molar-refractivity contribution is 5.77. The van der Waals surface area contributed by atoms with E-state index in [1.165, 1.54) is 6.92 Å². The van der Waals surface area contributed by atoms with E-state index in [4.69, 9.17) is 0 Å². The van der Waals surface area contributed by atoms with Crippen LogP contribution in [-0.4, -0.2) is 28.6 Å². The zero-order chi connectivity index (χ0) is 13.9. The molecule has 0 radical (unpaired) electrons. The number of rotatable bonds is 4. The standard InChI is InChI=1S/C10H11F3N2O3/c1-3-18-9(17)6(2)15-7(5-16)4-8(14-15)10(11,12)13/h4-6H,3H2,1-2H3. The van der Waals surface area contributed by atoms with Gasteiger partial charge >= 0.3 is 12.1 Å². The number of hydrogen-bond acceptors (Lipinski definition) is 4. The van der Waals surface area contributed by atoms with Crippen molar-refractivity contribution in [1.29, 1.82) is 0 Å². The van der Waals surface area contributed by atoms with Crippen LogP contribution >= 0.6 is 0 Å². The molecule has 0 N–H and O–H groups in total. The molecule has 0 aliphatic rings. The monoisotopic (exact) mass is 264 g/mol. The fourth-order valence-electron chi connectivity index (χ4n) is 1.31. The van der Waals surface area contributed by atoms with Crippen LogP contribution in [0.2, 0.25) is 0 Å². The van der Waals surface area contributed by atoms with Crippen LogP contribution in [0.3, 0.4) is 0 Å². The Kier molecular flexibility index (Phi) is 4.10. The lowest BCUT2D eigenvalue weighted by Gasteiger charge is -2.12. The van der Waals surface area contributed by atoms with Crippen molar-refractivity contribution in [3.63, 3.8) is 0 Å². The molecule has 5 nitrogen and oxygen atoms in total. The van der Waals surface area contributed by atoms with Gasteiger partial charge < -0.3 is 4.74 Å². The van der Waals surface area contributed by atoms with Gasteiger partial charge in [0.1, 0.15) is 11.7 Å². The molecule has 1 rings (SSSR count). The molecule has 0 aliphatic carbocycles. The van der Waals surface area contributed by atoms with Crippen LogP contribution in [0.4, 0.5) is 13.2 Å². The molecule has 1 aromatic heterocycles. The van der Waals surface area contributed by atoms with E-state index in [9.17, 15) is 22.8 Å². The third-order valence-corrected chi connectivity index (χ3v) is 2.17. The number of esters is 1. The number of hydrogen-bond donors (Lipinski definition) is 0. The lowest BCUT2D eigenvalue weighted by Crippen LogP contribution is -2.22. The number of aldehydes is 1. The van der Waals surface area contributed by atoms with Crippen molar-refractivity contribution in [1.82, 2.24) is 9.78 Å². The average Bonchev–Trinajstić information content (AvgIpc) is 2.71. The van der Waals surface area contributed by atoms with Gasteiger partial charge in [-0.15, -0.1) is 0 Å². The molecule has 0 bridgehead atoms. The highest BCUT2D eigenvalue weighted by atomic mass is 19.4. The molecule has 1 unspecified atom stereocenters. The molecule has 8 heteroatoms. The summed E-state index contributed by atoms with van der Waals surface area (Å²) in [7, 11) is 0. The van der Waals surface area contributed by atoms with Crippen LogP contribution in [-0.2, 0) is 15.7 Å². The smallest absolute Gasteiger partial charge is 0.435 e. The summed E-state index contributed by atoms with van der Waals surface area (Å²) in [5, 5.41) is 3.22. The van der Waals surface area contributed by atoms with E-state index in [1.54, 1.807) is 6.92 Å². The molecule has 0 aliphatic heterocycles. The van der Waals surface area contributed by atoms with Crippen molar-refractivity contribution in [3.8, 4) is 0 Å². The van der Waals surface area contributed by atoms with Crippen molar-refractivity contribution in [2.45, 2.75) is 26.1 Å². The van der Waals surface area contributed by atoms with Gasteiger partial charge in [-0.2, -0.15) is 18.3 Å². The summed E-state index contributed by atoms with van der Waals surface area (Å²) < 4.78 is 42.6. The minimum Gasteiger partial charge on any atom is -0.464 e. The molecular formula is C10H11F3N2O3. The van der Waals surface area contributed by atoms with Gasteiger partial charge in [0.25, 0.3) is 0 Å². The van der Waals surface area contributed by atoms with E-state index in [0.29, 0.717) is 10.7 Å². The molecule has 0 aromatic carbocycles. The van der Waals surface area contributed by atoms with Crippen molar-refractivity contribution < 1.29 is 27.5 Å². The molecule has 1 atom stereocenters. The number of carbonyl (C=O) groups is 2. The van der Waals surface area contributed by atoms with Crippen LogP contribution in [0.25, 0.3) is 0 Å². The largest absolute Gasteiger partial charge is 0.464 e. The predicted octanol–water partition coefficient (Wildman–Crippen LogP) is 1.84. The first-order chi connectivity index (χ1) is 8.31. The van der Waals surface area contributed by atoms with Crippen molar-refractivity contribution in [3.05, 3.63) is 17.5 Å². The Bertz CT molecular complexity index is 454. The summed E-state index contributed by atoms with van der Waals surface area (Å²) in [6.45, 7) is 2.96. The summed E-state index contributed by atoms with van der Waals surface area (Å²) in [6, 6.07) is -0.510. The van der Waals surface area contributed by atoms with Crippen LogP contribution in [0.5, 0.6) is 0 Å². The van der Waals surface area contributed by atoms with Gasteiger partial charge in [0, 0.05) is 0 Å². The second-order valence-corrected chi connectivity index (χ2v) is 3.44. The Morgan fingerprint density at radius 1 is 1.61 bits per heavy atom. The Morgan fingerprint density at radius 2 is 2.22 bits per heavy atom. The minimum atomic E-state index is -4.67. The topological polar surface area (TPSA) is 61.2 Å². The van der Waals surface area contributed by atoms with Crippen LogP contribution in [0.15, 0.2) is 6.07 Å². The first-order valence-electron chi connectivity index (χ1n) is 5.09. The normalized spacial score (nSPS) is 13.2. The summed E-state index contributed by atoms with van der Waals surface area (Å²) in [5.74, 6) is -0.752. The van der Waals surface area contributed by atoms with Gasteiger partial charge in [-0.25, -0.2) is 9.48 Å². The molecule has 18 heavy (non-hydrogen) atoms. The van der Waals surface area contributed by atoms with Crippen LogP contribution in [0, 0.1) is 0 Å². The van der Waals surface area contributed by atoms with Crippen LogP contribution < -0.4 is 0 Å². The number of ether oxygens (including phenoxy) is 1. The van der Waals surface area contributed by atoms with Crippen molar-refractivity contribution in [2.24, 2.45) is 0 Å². The summed E-state index contributed by atoms with van der Waals surface area (Å²) >= 11 is 0. The molecule has 1 aromatic rings. The number of alkyl halides is 3. The van der Waals surface area contributed by atoms with Crippen molar-refractivity contribution in [2.75, 3.05) is 6.61 Å². The molecule has 1 heterocycles. The Balaban J connectivity index is 3.12. The zero-order valence-electron chi connectivity index (χ0n) is 9.69. The van der Waals surface area contributed by atoms with E-state index in [0.717, 1.165) is 0 Å². The van der Waals surface area contributed by atoms with E-state index in [1.807, 2.05) is 0 Å². The molecule has 0 fully saturated rings. The first-order valence-corrected chi connectivity index (χ1v) is 5.09. The van der Waals surface area contributed by atoms with Crippen LogP contribution in [0.1, 0.15) is 36.1 Å². The molecule has 0 saturated heterocycles. The average molecular weight is 264 g/mol. The van der Waals surface area contributed by atoms with E-state index in [2.05, 4.69) is 9.84 Å². The quantitative estimate of drug-likeness (QED) is 0.615. The number of aromatic nitrogens is 2. The van der Waals surface area contributed by atoms with Gasteiger partial charge in [0.15, 0.2) is 12.0 Å². The molecule has 0 amide bonds. The predicted molar refractivity (Wildman–Crippen MR) is 54.0 cm³/mol. The number of halogens is 3. The van der Waals surface area contributed by atoms with Gasteiger partial charge in [-0.1, -0.05) is 0 Å². The van der Waals surface area contributed by atoms with Gasteiger partial charge in [0.2, 0.25) is 0 Å². The lowest BCUT2D eigenvalue weighted by atomic mass is 10.3. The molecule has 0 spiro atoms. The molecule has 0 saturated carbocycles. The second kappa shape index (κ2) is 5.19. The maximum atomic E-state index is 12.4. The first kappa shape index (κ1) is 14.2. The molecular weight excluding hydrogens is 253 g/mol. The number of carbonyl (C=O) groups excluding carboxylic acids is 2. The Morgan fingerprint density at radius 3 is 2.67 bits per heavy atom. The highest BCUT2D eigenvalue weighted by Crippen LogP contribution is 2.29. The van der Waals surface area contributed by atoms with Gasteiger partial charge in [-0.3, -0.25) is 4.79 Å². The Hall–Kier alpha value is -1.86. The van der Waals surface area contributed by atoms with E-state index >= 15 is 0 Å². The maximum absolute atomic E-state index is 12.4. The minimum absolute atomic E-state index is 0.0903. The van der Waals surface area contributed by atoms with Gasteiger partial charge in [0.05, 0.1) is 6.61 Å². The lowest BCUT2D eigenvalue weighted by molar-refractivity contribution is -0.148. The SMILES string of the molecule is CCOC(=O)C(C)n1nc(C(F)(F)F)cc1C=O.